The number of rotatable bonds is 3. The smallest absolute Gasteiger partial charge is 0.194 e. The minimum absolute atomic E-state index is 0.351. The van der Waals surface area contributed by atoms with Crippen LogP contribution in [0.1, 0.15) is 17.9 Å². The Morgan fingerprint density at radius 2 is 1.78 bits per heavy atom. The SMILES string of the molecule is CN=C(NC1CC1c1ccc(Br)cc1)N1CCN(c2ccccc2O)CC1. The van der Waals surface area contributed by atoms with Crippen LogP contribution in [0.15, 0.2) is 58.0 Å². The first-order chi connectivity index (χ1) is 13.2. The van der Waals surface area contributed by atoms with Crippen molar-refractivity contribution in [3.05, 3.63) is 58.6 Å². The number of para-hydroxylation sites is 2. The molecule has 1 heterocycles. The van der Waals surface area contributed by atoms with Gasteiger partial charge >= 0.3 is 0 Å². The molecule has 6 heteroatoms. The highest BCUT2D eigenvalue weighted by atomic mass is 79.9. The van der Waals surface area contributed by atoms with Gasteiger partial charge in [0.25, 0.3) is 0 Å². The summed E-state index contributed by atoms with van der Waals surface area (Å²) < 4.78 is 1.12. The predicted octanol–water partition coefficient (Wildman–Crippen LogP) is 3.41. The highest BCUT2D eigenvalue weighted by molar-refractivity contribution is 9.10. The van der Waals surface area contributed by atoms with E-state index in [1.807, 2.05) is 25.2 Å². The molecule has 0 spiro atoms. The Balaban J connectivity index is 1.32. The fourth-order valence-electron chi connectivity index (χ4n) is 3.79. The first kappa shape index (κ1) is 18.2. The average molecular weight is 429 g/mol. The van der Waals surface area contributed by atoms with Gasteiger partial charge in [0.05, 0.1) is 5.69 Å². The van der Waals surface area contributed by atoms with Gasteiger partial charge < -0.3 is 20.2 Å². The van der Waals surface area contributed by atoms with E-state index in [2.05, 4.69) is 60.3 Å². The molecule has 5 nitrogen and oxygen atoms in total. The second kappa shape index (κ2) is 7.80. The summed E-state index contributed by atoms with van der Waals surface area (Å²) in [5, 5.41) is 13.7. The lowest BCUT2D eigenvalue weighted by molar-refractivity contribution is 0.369. The van der Waals surface area contributed by atoms with E-state index >= 15 is 0 Å². The van der Waals surface area contributed by atoms with E-state index < -0.39 is 0 Å². The Kier molecular flexibility index (Phi) is 5.25. The Hall–Kier alpha value is -2.21. The van der Waals surface area contributed by atoms with Crippen LogP contribution < -0.4 is 10.2 Å². The van der Waals surface area contributed by atoms with Gasteiger partial charge in [0.1, 0.15) is 5.75 Å². The van der Waals surface area contributed by atoms with Gasteiger partial charge in [-0.05, 0) is 36.2 Å². The number of halogens is 1. The Morgan fingerprint density at radius 1 is 1.07 bits per heavy atom. The van der Waals surface area contributed by atoms with Crippen molar-refractivity contribution in [2.24, 2.45) is 4.99 Å². The third-order valence-electron chi connectivity index (χ3n) is 5.42. The third kappa shape index (κ3) is 4.05. The molecule has 4 rings (SSSR count). The van der Waals surface area contributed by atoms with Crippen molar-refractivity contribution < 1.29 is 5.11 Å². The van der Waals surface area contributed by atoms with E-state index in [0.717, 1.165) is 48.7 Å². The number of hydrogen-bond donors (Lipinski definition) is 2. The molecule has 0 radical (unpaired) electrons. The molecule has 1 aliphatic heterocycles. The number of guanidine groups is 1. The summed E-state index contributed by atoms with van der Waals surface area (Å²) in [5.41, 5.74) is 2.30. The maximum Gasteiger partial charge on any atom is 0.194 e. The van der Waals surface area contributed by atoms with Crippen LogP contribution in [0.5, 0.6) is 5.75 Å². The summed E-state index contributed by atoms with van der Waals surface area (Å²) in [6, 6.07) is 16.6. The average Bonchev–Trinajstić information content (AvgIpc) is 3.46. The molecule has 1 aliphatic carbocycles. The number of nitrogens with zero attached hydrogens (tertiary/aromatic N) is 3. The van der Waals surface area contributed by atoms with Crippen molar-refractivity contribution in [2.45, 2.75) is 18.4 Å². The van der Waals surface area contributed by atoms with E-state index in [-0.39, 0.29) is 0 Å². The molecule has 0 bridgehead atoms. The van der Waals surface area contributed by atoms with Crippen molar-refractivity contribution in [3.8, 4) is 5.75 Å². The third-order valence-corrected chi connectivity index (χ3v) is 5.95. The maximum absolute atomic E-state index is 10.1. The zero-order valence-electron chi connectivity index (χ0n) is 15.5. The van der Waals surface area contributed by atoms with Crippen LogP contribution in [0.4, 0.5) is 5.69 Å². The van der Waals surface area contributed by atoms with Gasteiger partial charge in [-0.15, -0.1) is 0 Å². The number of anilines is 1. The molecule has 2 fully saturated rings. The topological polar surface area (TPSA) is 51.1 Å². The van der Waals surface area contributed by atoms with Gasteiger partial charge in [-0.25, -0.2) is 0 Å². The molecule has 0 aromatic heterocycles. The molecule has 2 aromatic rings. The molecule has 2 atom stereocenters. The van der Waals surface area contributed by atoms with E-state index in [4.69, 9.17) is 0 Å². The van der Waals surface area contributed by atoms with Crippen LogP contribution >= 0.6 is 15.9 Å². The molecule has 0 amide bonds. The summed E-state index contributed by atoms with van der Waals surface area (Å²) in [5.74, 6) is 1.90. The van der Waals surface area contributed by atoms with Gasteiger partial charge in [0.15, 0.2) is 5.96 Å². The standard InChI is InChI=1S/C21H25BrN4O/c1-23-21(24-18-14-17(18)15-6-8-16(22)9-7-15)26-12-10-25(11-13-26)19-4-2-3-5-20(19)27/h2-9,17-18,27H,10-14H2,1H3,(H,23,24). The van der Waals surface area contributed by atoms with Crippen molar-refractivity contribution in [1.29, 1.82) is 0 Å². The zero-order valence-corrected chi connectivity index (χ0v) is 17.1. The van der Waals surface area contributed by atoms with Crippen molar-refractivity contribution in [1.82, 2.24) is 10.2 Å². The number of benzene rings is 2. The number of piperazine rings is 1. The number of nitrogens with one attached hydrogen (secondary N) is 1. The summed E-state index contributed by atoms with van der Waals surface area (Å²) >= 11 is 3.50. The number of hydrogen-bond acceptors (Lipinski definition) is 3. The van der Waals surface area contributed by atoms with Gasteiger partial charge in [0, 0.05) is 49.7 Å². The second-order valence-corrected chi connectivity index (χ2v) is 8.07. The number of aliphatic imine (C=N–C) groups is 1. The summed E-state index contributed by atoms with van der Waals surface area (Å²) in [6.45, 7) is 3.53. The zero-order chi connectivity index (χ0) is 18.8. The van der Waals surface area contributed by atoms with Crippen LogP contribution in [0, 0.1) is 0 Å². The van der Waals surface area contributed by atoms with Crippen LogP contribution in [0.2, 0.25) is 0 Å². The quantitative estimate of drug-likeness (QED) is 0.580. The normalized spacial score (nSPS) is 22.7. The van der Waals surface area contributed by atoms with Crippen molar-refractivity contribution in [2.75, 3.05) is 38.1 Å². The highest BCUT2D eigenvalue weighted by Crippen LogP contribution is 2.41. The van der Waals surface area contributed by atoms with Gasteiger partial charge in [0.2, 0.25) is 0 Å². The van der Waals surface area contributed by atoms with E-state index in [0.29, 0.717) is 17.7 Å². The van der Waals surface area contributed by atoms with Gasteiger partial charge in [-0.1, -0.05) is 40.2 Å². The van der Waals surface area contributed by atoms with Crippen molar-refractivity contribution in [3.63, 3.8) is 0 Å². The molecule has 2 N–H and O–H groups in total. The Morgan fingerprint density at radius 3 is 2.44 bits per heavy atom. The lowest BCUT2D eigenvalue weighted by Gasteiger charge is -2.38. The summed E-state index contributed by atoms with van der Waals surface area (Å²) in [6.07, 6.45) is 1.15. The van der Waals surface area contributed by atoms with E-state index in [1.54, 1.807) is 6.07 Å². The minimum atomic E-state index is 0.351. The Bertz CT molecular complexity index is 815. The fourth-order valence-corrected chi connectivity index (χ4v) is 4.05. The van der Waals surface area contributed by atoms with Crippen LogP contribution in [-0.2, 0) is 0 Å². The molecular weight excluding hydrogens is 404 g/mol. The van der Waals surface area contributed by atoms with Gasteiger partial charge in [-0.3, -0.25) is 4.99 Å². The molecule has 2 aliphatic rings. The monoisotopic (exact) mass is 428 g/mol. The lowest BCUT2D eigenvalue weighted by Crippen LogP contribution is -2.53. The van der Waals surface area contributed by atoms with Crippen molar-refractivity contribution >= 4 is 27.6 Å². The summed E-state index contributed by atoms with van der Waals surface area (Å²) in [4.78, 5) is 9.06. The van der Waals surface area contributed by atoms with Crippen LogP contribution in [0.3, 0.4) is 0 Å². The second-order valence-electron chi connectivity index (χ2n) is 7.15. The maximum atomic E-state index is 10.1. The predicted molar refractivity (Wildman–Crippen MR) is 114 cm³/mol. The molecule has 142 valence electrons. The summed E-state index contributed by atoms with van der Waals surface area (Å²) in [7, 11) is 1.86. The van der Waals surface area contributed by atoms with Crippen LogP contribution in [-0.4, -0.2) is 55.2 Å². The lowest BCUT2D eigenvalue weighted by atomic mass is 10.1. The molecule has 1 saturated heterocycles. The number of phenols is 1. The number of phenolic OH excluding ortho intramolecular Hbond substituents is 1. The van der Waals surface area contributed by atoms with Gasteiger partial charge in [-0.2, -0.15) is 0 Å². The van der Waals surface area contributed by atoms with E-state index in [1.165, 1.54) is 5.56 Å². The largest absolute Gasteiger partial charge is 0.506 e. The first-order valence-corrected chi connectivity index (χ1v) is 10.2. The molecule has 1 saturated carbocycles. The minimum Gasteiger partial charge on any atom is -0.506 e. The molecule has 2 aromatic carbocycles. The molecule has 2 unspecified atom stereocenters. The highest BCUT2D eigenvalue weighted by Gasteiger charge is 2.39. The molecular formula is C21H25BrN4O. The number of aromatic hydroxyl groups is 1. The first-order valence-electron chi connectivity index (χ1n) is 9.42. The Labute approximate surface area is 168 Å². The van der Waals surface area contributed by atoms with Crippen LogP contribution in [0.25, 0.3) is 0 Å². The fraction of sp³-hybridized carbons (Fsp3) is 0.381. The molecule has 27 heavy (non-hydrogen) atoms. The van der Waals surface area contributed by atoms with E-state index in [9.17, 15) is 5.11 Å².